The van der Waals surface area contributed by atoms with Crippen LogP contribution in [0.1, 0.15) is 74.3 Å². The van der Waals surface area contributed by atoms with Crippen LogP contribution < -0.4 is 4.90 Å². The number of carbonyl (C=O) groups excluding carboxylic acids is 4. The van der Waals surface area contributed by atoms with E-state index in [1.165, 1.54) is 11.0 Å². The summed E-state index contributed by atoms with van der Waals surface area (Å²) < 4.78 is 0. The van der Waals surface area contributed by atoms with Gasteiger partial charge in [0.05, 0.1) is 16.8 Å². The van der Waals surface area contributed by atoms with Crippen molar-refractivity contribution in [2.24, 2.45) is 0 Å². The average Bonchev–Trinajstić information content (AvgIpc) is 3.47. The third-order valence-electron chi connectivity index (χ3n) is 7.21. The molecular weight excluding hydrogens is 430 g/mol. The van der Waals surface area contributed by atoms with Crippen LogP contribution in [-0.4, -0.2) is 59.1 Å². The maximum Gasteiger partial charge on any atom is 0.266 e. The minimum atomic E-state index is -0.462. The predicted molar refractivity (Wildman–Crippen MR) is 128 cm³/mol. The van der Waals surface area contributed by atoms with Crippen LogP contribution in [0.15, 0.2) is 36.4 Å². The van der Waals surface area contributed by atoms with Crippen molar-refractivity contribution in [2.45, 2.75) is 52.0 Å². The number of rotatable bonds is 3. The van der Waals surface area contributed by atoms with Gasteiger partial charge in [-0.25, -0.2) is 4.90 Å². The maximum atomic E-state index is 13.5. The van der Waals surface area contributed by atoms with Gasteiger partial charge in [-0.1, -0.05) is 12.1 Å². The van der Waals surface area contributed by atoms with Gasteiger partial charge in [0.1, 0.15) is 6.04 Å². The van der Waals surface area contributed by atoms with Crippen molar-refractivity contribution in [3.05, 3.63) is 64.2 Å². The Labute approximate surface area is 199 Å². The number of likely N-dealkylation sites (tertiary alicyclic amines) is 2. The molecule has 7 heteroatoms. The van der Waals surface area contributed by atoms with Gasteiger partial charge >= 0.3 is 0 Å². The Morgan fingerprint density at radius 2 is 1.53 bits per heavy atom. The Hall–Kier alpha value is -3.48. The molecular formula is C27H29N3O4. The Balaban J connectivity index is 1.44. The number of piperidine rings is 1. The highest BCUT2D eigenvalue weighted by atomic mass is 16.2. The summed E-state index contributed by atoms with van der Waals surface area (Å²) in [4.78, 5) is 57.7. The number of amides is 4. The molecule has 3 heterocycles. The van der Waals surface area contributed by atoms with E-state index in [9.17, 15) is 19.2 Å². The summed E-state index contributed by atoms with van der Waals surface area (Å²) in [5.74, 6) is -1.04. The van der Waals surface area contributed by atoms with Gasteiger partial charge in [-0.05, 0) is 81.3 Å². The normalized spacial score (nSPS) is 20.2. The largest absolute Gasteiger partial charge is 0.341 e. The van der Waals surface area contributed by atoms with Gasteiger partial charge in [-0.3, -0.25) is 19.2 Å². The van der Waals surface area contributed by atoms with E-state index in [1.54, 1.807) is 17.0 Å². The number of fused-ring (bicyclic) bond motifs is 1. The van der Waals surface area contributed by atoms with Crippen molar-refractivity contribution in [3.8, 4) is 0 Å². The summed E-state index contributed by atoms with van der Waals surface area (Å²) in [6.07, 6.45) is 4.42. The van der Waals surface area contributed by atoms with Crippen molar-refractivity contribution in [3.63, 3.8) is 0 Å². The van der Waals surface area contributed by atoms with Crippen LogP contribution in [0.2, 0.25) is 0 Å². The molecule has 7 nitrogen and oxygen atoms in total. The lowest BCUT2D eigenvalue weighted by Crippen LogP contribution is -2.52. The number of aryl methyl sites for hydroxylation is 2. The van der Waals surface area contributed by atoms with Crippen LogP contribution >= 0.6 is 0 Å². The Kier molecular flexibility index (Phi) is 5.71. The van der Waals surface area contributed by atoms with Crippen molar-refractivity contribution in [1.29, 1.82) is 0 Å². The average molecular weight is 460 g/mol. The van der Waals surface area contributed by atoms with Gasteiger partial charge < -0.3 is 9.80 Å². The predicted octanol–water partition coefficient (Wildman–Crippen LogP) is 3.72. The van der Waals surface area contributed by atoms with Crippen LogP contribution in [-0.2, 0) is 4.79 Å². The number of carbonyl (C=O) groups is 4. The van der Waals surface area contributed by atoms with Crippen LogP contribution in [0, 0.1) is 13.8 Å². The van der Waals surface area contributed by atoms with Crippen LogP contribution in [0.5, 0.6) is 0 Å². The van der Waals surface area contributed by atoms with Gasteiger partial charge in [0.25, 0.3) is 17.7 Å². The number of nitrogens with zero attached hydrogens (tertiary/aromatic N) is 3. The number of hydrogen-bond acceptors (Lipinski definition) is 4. The van der Waals surface area contributed by atoms with Crippen molar-refractivity contribution >= 4 is 29.3 Å². The summed E-state index contributed by atoms with van der Waals surface area (Å²) in [6, 6.07) is 9.88. The van der Waals surface area contributed by atoms with Crippen molar-refractivity contribution in [1.82, 2.24) is 9.80 Å². The van der Waals surface area contributed by atoms with Crippen LogP contribution in [0.3, 0.4) is 0 Å². The minimum absolute atomic E-state index is 0.0269. The lowest BCUT2D eigenvalue weighted by molar-refractivity contribution is -0.136. The summed E-state index contributed by atoms with van der Waals surface area (Å²) in [5, 5.41) is 0. The Bertz CT molecular complexity index is 1200. The molecule has 5 rings (SSSR count). The third kappa shape index (κ3) is 3.69. The zero-order chi connectivity index (χ0) is 24.0. The van der Waals surface area contributed by atoms with Crippen LogP contribution in [0.25, 0.3) is 0 Å². The van der Waals surface area contributed by atoms with E-state index >= 15 is 0 Å². The minimum Gasteiger partial charge on any atom is -0.341 e. The molecule has 34 heavy (non-hydrogen) atoms. The highest BCUT2D eigenvalue weighted by Crippen LogP contribution is 2.32. The number of anilines is 1. The van der Waals surface area contributed by atoms with E-state index in [4.69, 9.17) is 0 Å². The van der Waals surface area contributed by atoms with Crippen LogP contribution in [0.4, 0.5) is 5.69 Å². The Morgan fingerprint density at radius 3 is 2.29 bits per heavy atom. The van der Waals surface area contributed by atoms with Gasteiger partial charge in [0.2, 0.25) is 5.91 Å². The lowest BCUT2D eigenvalue weighted by atomic mass is 9.98. The molecule has 2 fully saturated rings. The quantitative estimate of drug-likeness (QED) is 0.656. The molecule has 2 aromatic carbocycles. The molecule has 0 spiro atoms. The standard InChI is InChI=1S/C27H29N3O4/c1-17-8-9-18(2)23(15-17)30-25(32)20-11-10-19(16-21(20)26(30)33)24(31)29-14-4-3-7-22(29)27(34)28-12-5-6-13-28/h8-11,15-16,22H,3-7,12-14H2,1-2H3. The van der Waals surface area contributed by atoms with E-state index in [0.29, 0.717) is 29.8 Å². The molecule has 2 saturated heterocycles. The fourth-order valence-electron chi connectivity index (χ4n) is 5.30. The van der Waals surface area contributed by atoms with Crippen molar-refractivity contribution in [2.75, 3.05) is 24.5 Å². The molecule has 0 N–H and O–H groups in total. The molecule has 0 aromatic heterocycles. The zero-order valence-electron chi connectivity index (χ0n) is 19.7. The fraction of sp³-hybridized carbons (Fsp3) is 0.407. The monoisotopic (exact) mass is 459 g/mol. The van der Waals surface area contributed by atoms with Gasteiger partial charge in [0.15, 0.2) is 0 Å². The Morgan fingerprint density at radius 1 is 0.824 bits per heavy atom. The summed E-state index contributed by atoms with van der Waals surface area (Å²) in [7, 11) is 0. The molecule has 176 valence electrons. The number of hydrogen-bond donors (Lipinski definition) is 0. The lowest BCUT2D eigenvalue weighted by Gasteiger charge is -2.36. The smallest absolute Gasteiger partial charge is 0.266 e. The van der Waals surface area contributed by atoms with Crippen molar-refractivity contribution < 1.29 is 19.2 Å². The second-order valence-electron chi connectivity index (χ2n) is 9.54. The molecule has 2 aromatic rings. The van der Waals surface area contributed by atoms with E-state index in [-0.39, 0.29) is 23.3 Å². The third-order valence-corrected chi connectivity index (χ3v) is 7.21. The number of imide groups is 1. The summed E-state index contributed by atoms with van der Waals surface area (Å²) in [5.41, 5.74) is 3.21. The van der Waals surface area contributed by atoms with E-state index in [0.717, 1.165) is 49.9 Å². The topological polar surface area (TPSA) is 78.0 Å². The zero-order valence-corrected chi connectivity index (χ0v) is 19.7. The molecule has 3 aliphatic rings. The molecule has 0 saturated carbocycles. The van der Waals surface area contributed by atoms with E-state index < -0.39 is 11.9 Å². The second kappa shape index (κ2) is 8.70. The van der Waals surface area contributed by atoms with E-state index in [2.05, 4.69) is 0 Å². The molecule has 0 bridgehead atoms. The summed E-state index contributed by atoms with van der Waals surface area (Å²) >= 11 is 0. The first-order valence-electron chi connectivity index (χ1n) is 12.1. The first-order valence-corrected chi connectivity index (χ1v) is 12.1. The molecule has 1 atom stereocenters. The number of benzene rings is 2. The first-order chi connectivity index (χ1) is 16.4. The molecule has 0 aliphatic carbocycles. The molecule has 4 amide bonds. The van der Waals surface area contributed by atoms with Gasteiger partial charge in [-0.2, -0.15) is 0 Å². The molecule has 1 unspecified atom stereocenters. The van der Waals surface area contributed by atoms with E-state index in [1.807, 2.05) is 36.9 Å². The second-order valence-corrected chi connectivity index (χ2v) is 9.54. The fourth-order valence-corrected chi connectivity index (χ4v) is 5.30. The maximum absolute atomic E-state index is 13.5. The van der Waals surface area contributed by atoms with Gasteiger partial charge in [-0.15, -0.1) is 0 Å². The molecule has 3 aliphatic heterocycles. The van der Waals surface area contributed by atoms with Gasteiger partial charge in [0, 0.05) is 25.2 Å². The SMILES string of the molecule is Cc1ccc(C)c(N2C(=O)c3ccc(C(=O)N4CCCCC4C(=O)N4CCCC4)cc3C2=O)c1. The summed E-state index contributed by atoms with van der Waals surface area (Å²) in [6.45, 7) is 5.79. The molecule has 0 radical (unpaired) electrons. The highest BCUT2D eigenvalue weighted by molar-refractivity contribution is 6.35. The first kappa shape index (κ1) is 22.3. The highest BCUT2D eigenvalue weighted by Gasteiger charge is 2.40.